The van der Waals surface area contributed by atoms with Crippen molar-refractivity contribution in [2.45, 2.75) is 24.2 Å². The van der Waals surface area contributed by atoms with Crippen molar-refractivity contribution in [3.05, 3.63) is 58.6 Å². The second-order valence-electron chi connectivity index (χ2n) is 5.60. The van der Waals surface area contributed by atoms with E-state index in [0.29, 0.717) is 22.0 Å². The van der Waals surface area contributed by atoms with Crippen molar-refractivity contribution in [3.8, 4) is 0 Å². The van der Waals surface area contributed by atoms with Crippen LogP contribution in [0, 0.1) is 0 Å². The fourth-order valence-corrected chi connectivity index (χ4v) is 4.53. The van der Waals surface area contributed by atoms with E-state index in [0.717, 1.165) is 17.5 Å². The lowest BCUT2D eigenvalue weighted by Gasteiger charge is -2.17. The van der Waals surface area contributed by atoms with Gasteiger partial charge in [0.05, 0.1) is 17.1 Å². The number of carbonyl (C=O) groups excluding carboxylic acids is 1. The van der Waals surface area contributed by atoms with Gasteiger partial charge in [0.2, 0.25) is 5.91 Å². The molecule has 1 amide bonds. The first-order chi connectivity index (χ1) is 10.9. The highest BCUT2D eigenvalue weighted by molar-refractivity contribution is 7.91. The van der Waals surface area contributed by atoms with E-state index in [-0.39, 0.29) is 18.1 Å². The molecule has 0 unspecified atom stereocenters. The van der Waals surface area contributed by atoms with Gasteiger partial charge in [0.1, 0.15) is 0 Å². The van der Waals surface area contributed by atoms with Crippen LogP contribution in [0.25, 0.3) is 0 Å². The number of rotatable bonds is 3. The lowest BCUT2D eigenvalue weighted by atomic mass is 10.0. The SMILES string of the molecule is O=C(Cc1ccc2c(c1)CCCS2(=O)=O)Nc1cccc(Cl)c1. The number of hydrogen-bond donors (Lipinski definition) is 1. The molecule has 1 aliphatic rings. The number of fused-ring (bicyclic) bond motifs is 1. The molecule has 0 radical (unpaired) electrons. The average molecular weight is 350 g/mol. The second-order valence-corrected chi connectivity index (χ2v) is 8.11. The number of carbonyl (C=O) groups is 1. The summed E-state index contributed by atoms with van der Waals surface area (Å²) in [7, 11) is -3.16. The molecule has 1 N–H and O–H groups in total. The van der Waals surface area contributed by atoms with E-state index < -0.39 is 9.84 Å². The van der Waals surface area contributed by atoms with Crippen LogP contribution in [-0.2, 0) is 27.5 Å². The summed E-state index contributed by atoms with van der Waals surface area (Å²) in [5.74, 6) is 0.0418. The zero-order valence-corrected chi connectivity index (χ0v) is 14.0. The third-order valence-corrected chi connectivity index (χ3v) is 5.92. The Labute approximate surface area is 140 Å². The number of hydrogen-bond acceptors (Lipinski definition) is 3. The van der Waals surface area contributed by atoms with E-state index >= 15 is 0 Å². The van der Waals surface area contributed by atoms with Crippen LogP contribution in [0.3, 0.4) is 0 Å². The molecule has 0 fully saturated rings. The van der Waals surface area contributed by atoms with E-state index in [1.807, 2.05) is 6.07 Å². The highest BCUT2D eigenvalue weighted by atomic mass is 35.5. The molecule has 0 bridgehead atoms. The number of nitrogens with one attached hydrogen (secondary N) is 1. The molecule has 3 rings (SSSR count). The molecule has 120 valence electrons. The smallest absolute Gasteiger partial charge is 0.228 e. The van der Waals surface area contributed by atoms with Crippen molar-refractivity contribution in [1.82, 2.24) is 0 Å². The molecular formula is C17H16ClNO3S. The largest absolute Gasteiger partial charge is 0.326 e. The zero-order chi connectivity index (χ0) is 16.4. The van der Waals surface area contributed by atoms with Crippen LogP contribution >= 0.6 is 11.6 Å². The van der Waals surface area contributed by atoms with E-state index in [4.69, 9.17) is 11.6 Å². The first-order valence-corrected chi connectivity index (χ1v) is 9.37. The molecule has 0 aliphatic carbocycles. The summed E-state index contributed by atoms with van der Waals surface area (Å²) in [5.41, 5.74) is 2.26. The summed E-state index contributed by atoms with van der Waals surface area (Å²) >= 11 is 5.89. The zero-order valence-electron chi connectivity index (χ0n) is 12.4. The fraction of sp³-hybridized carbons (Fsp3) is 0.235. The minimum Gasteiger partial charge on any atom is -0.326 e. The monoisotopic (exact) mass is 349 g/mol. The van der Waals surface area contributed by atoms with Crippen molar-refractivity contribution in [1.29, 1.82) is 0 Å². The van der Waals surface area contributed by atoms with Gasteiger partial charge in [-0.3, -0.25) is 4.79 Å². The molecule has 0 atom stereocenters. The van der Waals surface area contributed by atoms with E-state index in [9.17, 15) is 13.2 Å². The van der Waals surface area contributed by atoms with Crippen LogP contribution in [0.15, 0.2) is 47.4 Å². The maximum atomic E-state index is 12.1. The number of anilines is 1. The molecule has 1 heterocycles. The molecule has 2 aromatic carbocycles. The standard InChI is InChI=1S/C17H16ClNO3S/c18-14-4-1-5-15(11-14)19-17(20)10-12-6-7-16-13(9-12)3-2-8-23(16,21)22/h1,4-7,9,11H,2-3,8,10H2,(H,19,20). The van der Waals surface area contributed by atoms with E-state index in [1.165, 1.54) is 0 Å². The second kappa shape index (κ2) is 6.34. The minimum atomic E-state index is -3.16. The molecule has 6 heteroatoms. The van der Waals surface area contributed by atoms with Crippen LogP contribution < -0.4 is 5.32 Å². The predicted molar refractivity (Wildman–Crippen MR) is 90.6 cm³/mol. The van der Waals surface area contributed by atoms with Crippen molar-refractivity contribution >= 4 is 33.0 Å². The Morgan fingerprint density at radius 3 is 2.78 bits per heavy atom. The topological polar surface area (TPSA) is 63.2 Å². The van der Waals surface area contributed by atoms with Gasteiger partial charge in [-0.2, -0.15) is 0 Å². The van der Waals surface area contributed by atoms with Gasteiger partial charge in [0.25, 0.3) is 0 Å². The Hall–Kier alpha value is -1.85. The first-order valence-electron chi connectivity index (χ1n) is 7.34. The number of sulfone groups is 1. The molecule has 1 aliphatic heterocycles. The summed E-state index contributed by atoms with van der Waals surface area (Å²) < 4.78 is 24.0. The summed E-state index contributed by atoms with van der Waals surface area (Å²) in [5, 5.41) is 3.34. The van der Waals surface area contributed by atoms with Crippen molar-refractivity contribution < 1.29 is 13.2 Å². The van der Waals surface area contributed by atoms with Crippen LogP contribution in [-0.4, -0.2) is 20.1 Å². The van der Waals surface area contributed by atoms with Gasteiger partial charge < -0.3 is 5.32 Å². The average Bonchev–Trinajstić information content (AvgIpc) is 2.46. The van der Waals surface area contributed by atoms with Gasteiger partial charge >= 0.3 is 0 Å². The quantitative estimate of drug-likeness (QED) is 0.925. The summed E-state index contributed by atoms with van der Waals surface area (Å²) in [6, 6.07) is 12.1. The fourth-order valence-electron chi connectivity index (χ4n) is 2.76. The maximum absolute atomic E-state index is 12.1. The van der Waals surface area contributed by atoms with E-state index in [2.05, 4.69) is 5.32 Å². The third-order valence-electron chi connectivity index (χ3n) is 3.79. The van der Waals surface area contributed by atoms with Crippen molar-refractivity contribution in [2.75, 3.05) is 11.1 Å². The minimum absolute atomic E-state index is 0.161. The third kappa shape index (κ3) is 3.74. The van der Waals surface area contributed by atoms with Gasteiger partial charge in [0.15, 0.2) is 9.84 Å². The molecule has 2 aromatic rings. The van der Waals surface area contributed by atoms with Crippen LogP contribution in [0.4, 0.5) is 5.69 Å². The Bertz CT molecular complexity index is 862. The molecular weight excluding hydrogens is 334 g/mol. The van der Waals surface area contributed by atoms with Crippen LogP contribution in [0.2, 0.25) is 5.02 Å². The summed E-state index contributed by atoms with van der Waals surface area (Å²) in [4.78, 5) is 12.5. The Balaban J connectivity index is 1.75. The predicted octanol–water partition coefficient (Wildman–Crippen LogP) is 3.24. The molecule has 23 heavy (non-hydrogen) atoms. The summed E-state index contributed by atoms with van der Waals surface area (Å²) in [6.45, 7) is 0. The maximum Gasteiger partial charge on any atom is 0.228 e. The lowest BCUT2D eigenvalue weighted by Crippen LogP contribution is -2.18. The highest BCUT2D eigenvalue weighted by Gasteiger charge is 2.23. The van der Waals surface area contributed by atoms with E-state index in [1.54, 1.807) is 36.4 Å². The normalized spacial score (nSPS) is 15.7. The van der Waals surface area contributed by atoms with Gasteiger partial charge in [0, 0.05) is 10.7 Å². The molecule has 0 saturated carbocycles. The Morgan fingerprint density at radius 2 is 2.00 bits per heavy atom. The number of halogens is 1. The van der Waals surface area contributed by atoms with Gasteiger partial charge in [-0.05, 0) is 48.2 Å². The van der Waals surface area contributed by atoms with Gasteiger partial charge in [-0.25, -0.2) is 8.42 Å². The number of amides is 1. The van der Waals surface area contributed by atoms with Gasteiger partial charge in [-0.15, -0.1) is 0 Å². The number of benzene rings is 2. The van der Waals surface area contributed by atoms with Crippen LogP contribution in [0.5, 0.6) is 0 Å². The first kappa shape index (κ1) is 16.0. The van der Waals surface area contributed by atoms with Crippen LogP contribution in [0.1, 0.15) is 17.5 Å². The molecule has 0 aromatic heterocycles. The van der Waals surface area contributed by atoms with Crippen molar-refractivity contribution in [3.63, 3.8) is 0 Å². The lowest BCUT2D eigenvalue weighted by molar-refractivity contribution is -0.115. The number of aryl methyl sites for hydroxylation is 1. The Kier molecular flexibility index (Phi) is 4.41. The van der Waals surface area contributed by atoms with Crippen molar-refractivity contribution in [2.24, 2.45) is 0 Å². The van der Waals surface area contributed by atoms with Gasteiger partial charge in [-0.1, -0.05) is 29.8 Å². The molecule has 0 spiro atoms. The highest BCUT2D eigenvalue weighted by Crippen LogP contribution is 2.26. The summed E-state index contributed by atoms with van der Waals surface area (Å²) in [6.07, 6.45) is 1.56. The molecule has 4 nitrogen and oxygen atoms in total. The molecule has 0 saturated heterocycles. The Morgan fingerprint density at radius 1 is 1.17 bits per heavy atom.